The maximum Gasteiger partial charge on any atom is 0.573 e. The predicted octanol–water partition coefficient (Wildman–Crippen LogP) is 7.50. The van der Waals surface area contributed by atoms with E-state index < -0.39 is 24.2 Å². The van der Waals surface area contributed by atoms with Gasteiger partial charge in [0.05, 0.1) is 17.7 Å². The highest BCUT2D eigenvalue weighted by atomic mass is 35.5. The number of fused-ring (bicyclic) bond motifs is 1. The molecule has 0 aliphatic rings. The average Bonchev–Trinajstić information content (AvgIpc) is 3.17. The van der Waals surface area contributed by atoms with E-state index in [9.17, 15) is 22.8 Å². The lowest BCUT2D eigenvalue weighted by Crippen LogP contribution is -2.28. The van der Waals surface area contributed by atoms with E-state index in [0.29, 0.717) is 44.9 Å². The lowest BCUT2D eigenvalue weighted by molar-refractivity contribution is -0.274. The molecule has 0 bridgehead atoms. The van der Waals surface area contributed by atoms with E-state index in [0.717, 1.165) is 5.56 Å². The van der Waals surface area contributed by atoms with Crippen LogP contribution in [0.15, 0.2) is 66.7 Å². The SMILES string of the molecule is CCOC(=O)[C@@H](CC)Oc1cccc(Cn2c(C)c(C(=O)c3ccc(Cl)cc3)c3ccc(OC(F)(F)F)cc32)c1. The van der Waals surface area contributed by atoms with Crippen LogP contribution >= 0.6 is 11.6 Å². The first-order valence-electron chi connectivity index (χ1n) is 12.6. The van der Waals surface area contributed by atoms with Crippen LogP contribution in [-0.4, -0.2) is 35.4 Å². The molecule has 3 aromatic carbocycles. The fraction of sp³-hybridized carbons (Fsp3) is 0.267. The topological polar surface area (TPSA) is 66.8 Å². The number of carbonyl (C=O) groups is 2. The van der Waals surface area contributed by atoms with Crippen LogP contribution in [0.25, 0.3) is 10.9 Å². The highest BCUT2D eigenvalue weighted by Crippen LogP contribution is 2.34. The minimum Gasteiger partial charge on any atom is -0.479 e. The Morgan fingerprint density at radius 3 is 2.35 bits per heavy atom. The zero-order valence-corrected chi connectivity index (χ0v) is 22.8. The van der Waals surface area contributed by atoms with Gasteiger partial charge >= 0.3 is 12.3 Å². The first-order valence-corrected chi connectivity index (χ1v) is 13.0. The summed E-state index contributed by atoms with van der Waals surface area (Å²) in [6.45, 7) is 5.70. The summed E-state index contributed by atoms with van der Waals surface area (Å²) >= 11 is 5.98. The van der Waals surface area contributed by atoms with E-state index in [2.05, 4.69) is 4.74 Å². The minimum atomic E-state index is -4.87. The molecule has 1 aromatic heterocycles. The maximum absolute atomic E-state index is 13.6. The maximum atomic E-state index is 13.6. The standard InChI is InChI=1S/C30H27ClF3NO5/c1-4-26(29(37)38-5-2)39-22-8-6-7-19(15-22)17-35-18(3)27(28(36)20-9-11-21(31)12-10-20)24-14-13-23(16-25(24)35)40-30(32,33)34/h6-16,26H,4-5,17H2,1-3H3/t26-/m1/s1. The minimum absolute atomic E-state index is 0.207. The van der Waals surface area contributed by atoms with Crippen LogP contribution in [0.1, 0.15) is 47.4 Å². The van der Waals surface area contributed by atoms with E-state index >= 15 is 0 Å². The van der Waals surface area contributed by atoms with Crippen molar-refractivity contribution in [1.82, 2.24) is 4.57 Å². The molecule has 4 rings (SSSR count). The Kier molecular flexibility index (Phi) is 8.73. The van der Waals surface area contributed by atoms with Crippen molar-refractivity contribution < 1.29 is 37.0 Å². The Hall–Kier alpha value is -3.98. The number of aromatic nitrogens is 1. The molecule has 0 fully saturated rings. The van der Waals surface area contributed by atoms with Gasteiger partial charge in [0.1, 0.15) is 11.5 Å². The Balaban J connectivity index is 1.76. The molecule has 0 amide bonds. The lowest BCUT2D eigenvalue weighted by atomic mass is 10.0. The number of benzene rings is 3. The van der Waals surface area contributed by atoms with Gasteiger partial charge < -0.3 is 18.8 Å². The van der Waals surface area contributed by atoms with Gasteiger partial charge in [0.25, 0.3) is 0 Å². The number of rotatable bonds is 10. The summed E-state index contributed by atoms with van der Waals surface area (Å²) in [5, 5.41) is 0.952. The number of nitrogens with zero attached hydrogens (tertiary/aromatic N) is 1. The molecule has 10 heteroatoms. The number of hydrogen-bond acceptors (Lipinski definition) is 5. The van der Waals surface area contributed by atoms with Crippen molar-refractivity contribution in [2.75, 3.05) is 6.61 Å². The molecule has 0 N–H and O–H groups in total. The van der Waals surface area contributed by atoms with E-state index in [1.165, 1.54) is 18.2 Å². The number of halogens is 4. The zero-order chi connectivity index (χ0) is 29.0. The summed E-state index contributed by atoms with van der Waals surface area (Å²) in [6, 6.07) is 17.3. The zero-order valence-electron chi connectivity index (χ0n) is 22.0. The molecule has 0 saturated heterocycles. The number of esters is 1. The van der Waals surface area contributed by atoms with Gasteiger partial charge in [-0.05, 0) is 74.4 Å². The monoisotopic (exact) mass is 573 g/mol. The molecule has 0 unspecified atom stereocenters. The third-order valence-electron chi connectivity index (χ3n) is 6.30. The fourth-order valence-corrected chi connectivity index (χ4v) is 4.61. The largest absolute Gasteiger partial charge is 0.573 e. The molecular formula is C30H27ClF3NO5. The molecule has 40 heavy (non-hydrogen) atoms. The van der Waals surface area contributed by atoms with Crippen molar-refractivity contribution in [3.8, 4) is 11.5 Å². The molecule has 210 valence electrons. The van der Waals surface area contributed by atoms with Crippen molar-refractivity contribution in [3.05, 3.63) is 94.1 Å². The third kappa shape index (κ3) is 6.59. The van der Waals surface area contributed by atoms with Crippen LogP contribution < -0.4 is 9.47 Å². The normalized spacial score (nSPS) is 12.3. The van der Waals surface area contributed by atoms with Gasteiger partial charge in [-0.3, -0.25) is 4.79 Å². The summed E-state index contributed by atoms with van der Waals surface area (Å²) in [6.07, 6.45) is -5.25. The predicted molar refractivity (Wildman–Crippen MR) is 145 cm³/mol. The lowest BCUT2D eigenvalue weighted by Gasteiger charge is -2.17. The summed E-state index contributed by atoms with van der Waals surface area (Å²) < 4.78 is 55.8. The van der Waals surface area contributed by atoms with Gasteiger partial charge in [0, 0.05) is 34.3 Å². The molecule has 0 aliphatic carbocycles. The molecular weight excluding hydrogens is 547 g/mol. The number of ether oxygens (including phenoxy) is 3. The van der Waals surface area contributed by atoms with Crippen molar-refractivity contribution >= 4 is 34.3 Å². The highest BCUT2D eigenvalue weighted by Gasteiger charge is 2.32. The highest BCUT2D eigenvalue weighted by molar-refractivity contribution is 6.30. The summed E-state index contributed by atoms with van der Waals surface area (Å²) in [5.41, 5.74) is 2.44. The van der Waals surface area contributed by atoms with Crippen LogP contribution in [-0.2, 0) is 16.1 Å². The Morgan fingerprint density at radius 1 is 0.975 bits per heavy atom. The van der Waals surface area contributed by atoms with Gasteiger partial charge in [-0.1, -0.05) is 30.7 Å². The number of carbonyl (C=O) groups excluding carboxylic acids is 2. The van der Waals surface area contributed by atoms with Crippen molar-refractivity contribution in [1.29, 1.82) is 0 Å². The number of hydrogen-bond donors (Lipinski definition) is 0. The number of ketones is 1. The van der Waals surface area contributed by atoms with Crippen molar-refractivity contribution in [3.63, 3.8) is 0 Å². The van der Waals surface area contributed by atoms with Crippen molar-refractivity contribution in [2.24, 2.45) is 0 Å². The molecule has 0 radical (unpaired) electrons. The van der Waals surface area contributed by atoms with E-state index in [1.54, 1.807) is 67.8 Å². The van der Waals surface area contributed by atoms with Gasteiger partial charge in [-0.15, -0.1) is 13.2 Å². The van der Waals surface area contributed by atoms with Gasteiger partial charge in [0.15, 0.2) is 11.9 Å². The second-order valence-corrected chi connectivity index (χ2v) is 9.46. The van der Waals surface area contributed by atoms with Crippen LogP contribution in [0, 0.1) is 6.92 Å². The second-order valence-electron chi connectivity index (χ2n) is 9.02. The molecule has 1 atom stereocenters. The van der Waals surface area contributed by atoms with Crippen LogP contribution in [0.3, 0.4) is 0 Å². The molecule has 0 aliphatic heterocycles. The smallest absolute Gasteiger partial charge is 0.479 e. The van der Waals surface area contributed by atoms with Crippen LogP contribution in [0.2, 0.25) is 5.02 Å². The molecule has 0 saturated carbocycles. The Labute approximate surface area is 234 Å². The van der Waals surface area contributed by atoms with Crippen LogP contribution in [0.5, 0.6) is 11.5 Å². The van der Waals surface area contributed by atoms with Crippen LogP contribution in [0.4, 0.5) is 13.2 Å². The van der Waals surface area contributed by atoms with Gasteiger partial charge in [-0.2, -0.15) is 0 Å². The molecule has 0 spiro atoms. The summed E-state index contributed by atoms with van der Waals surface area (Å²) in [5.74, 6) is -0.725. The van der Waals surface area contributed by atoms with Gasteiger partial charge in [-0.25, -0.2) is 4.79 Å². The van der Waals surface area contributed by atoms with E-state index in [-0.39, 0.29) is 18.9 Å². The third-order valence-corrected chi connectivity index (χ3v) is 6.55. The first kappa shape index (κ1) is 29.0. The fourth-order valence-electron chi connectivity index (χ4n) is 4.49. The molecule has 1 heterocycles. The Bertz CT molecular complexity index is 1530. The van der Waals surface area contributed by atoms with E-state index in [1.807, 2.05) is 6.07 Å². The quantitative estimate of drug-likeness (QED) is 0.145. The van der Waals surface area contributed by atoms with Gasteiger partial charge in [0.2, 0.25) is 0 Å². The molecule has 6 nitrogen and oxygen atoms in total. The summed E-state index contributed by atoms with van der Waals surface area (Å²) in [4.78, 5) is 25.8. The first-order chi connectivity index (χ1) is 19.0. The average molecular weight is 574 g/mol. The number of alkyl halides is 3. The molecule has 4 aromatic rings. The Morgan fingerprint density at radius 2 is 1.70 bits per heavy atom. The second kappa shape index (κ2) is 12.0. The van der Waals surface area contributed by atoms with Crippen molar-refractivity contribution in [2.45, 2.75) is 46.2 Å². The van der Waals surface area contributed by atoms with E-state index in [4.69, 9.17) is 21.1 Å². The summed E-state index contributed by atoms with van der Waals surface area (Å²) in [7, 11) is 0.